The number of hydrogen-bond donors (Lipinski definition) is 2. The summed E-state index contributed by atoms with van der Waals surface area (Å²) < 4.78 is 28.4. The van der Waals surface area contributed by atoms with Crippen LogP contribution in [-0.2, 0) is 19.4 Å². The predicted octanol–water partition coefficient (Wildman–Crippen LogP) is 1.41. The summed E-state index contributed by atoms with van der Waals surface area (Å²) in [5, 5.41) is 0. The van der Waals surface area contributed by atoms with Gasteiger partial charge in [-0.15, -0.1) is 0 Å². The van der Waals surface area contributed by atoms with E-state index >= 15 is 0 Å². The molecule has 0 unspecified atom stereocenters. The second-order valence-corrected chi connectivity index (χ2v) is 8.12. The first-order valence-electron chi connectivity index (χ1n) is 8.26. The Morgan fingerprint density at radius 1 is 1.00 bits per heavy atom. The van der Waals surface area contributed by atoms with Crippen LogP contribution in [0.25, 0.3) is 0 Å². The Hall–Kier alpha value is -3.20. The largest absolute Gasteiger partial charge is 0.449 e. The number of hydrogen-bond acceptors (Lipinski definition) is 6. The first kappa shape index (κ1) is 21.1. The maximum absolute atomic E-state index is 12.3. The normalized spacial score (nSPS) is 12.0. The van der Waals surface area contributed by atoms with Gasteiger partial charge in [-0.25, -0.2) is 13.2 Å². The van der Waals surface area contributed by atoms with Gasteiger partial charge in [0.25, 0.3) is 11.8 Å². The Labute approximate surface area is 162 Å². The molecule has 0 saturated carbocycles. The summed E-state index contributed by atoms with van der Waals surface area (Å²) in [5.41, 5.74) is 5.29. The number of hydrazine groups is 1. The van der Waals surface area contributed by atoms with Gasteiger partial charge in [0.05, 0.1) is 10.5 Å². The van der Waals surface area contributed by atoms with Gasteiger partial charge in [-0.1, -0.05) is 24.3 Å². The fourth-order valence-corrected chi connectivity index (χ4v) is 2.86. The minimum absolute atomic E-state index is 0.0303. The second kappa shape index (κ2) is 8.66. The number of carbonyl (C=O) groups excluding carboxylic acids is 3. The van der Waals surface area contributed by atoms with Crippen molar-refractivity contribution in [1.29, 1.82) is 0 Å². The molecule has 0 saturated heterocycles. The van der Waals surface area contributed by atoms with Crippen LogP contribution in [-0.4, -0.2) is 38.6 Å². The Kier molecular flexibility index (Phi) is 6.53. The highest BCUT2D eigenvalue weighted by Gasteiger charge is 2.22. The summed E-state index contributed by atoms with van der Waals surface area (Å²) in [6, 6.07) is 12.3. The first-order chi connectivity index (χ1) is 13.1. The molecule has 148 valence electrons. The lowest BCUT2D eigenvalue weighted by Crippen LogP contribution is -2.46. The van der Waals surface area contributed by atoms with Crippen LogP contribution in [0.4, 0.5) is 0 Å². The summed E-state index contributed by atoms with van der Waals surface area (Å²) in [6.07, 6.45) is -0.192. The van der Waals surface area contributed by atoms with Crippen molar-refractivity contribution in [3.8, 4) is 0 Å². The number of nitrogens with one attached hydrogen (secondary N) is 2. The Balaban J connectivity index is 2.00. The third-order valence-corrected chi connectivity index (χ3v) is 4.96. The van der Waals surface area contributed by atoms with Gasteiger partial charge >= 0.3 is 5.97 Å². The molecule has 0 spiro atoms. The smallest absolute Gasteiger partial charge is 0.339 e. The molecule has 0 aliphatic rings. The number of esters is 1. The molecule has 0 aromatic heterocycles. The molecule has 1 atom stereocenters. The monoisotopic (exact) mass is 404 g/mol. The van der Waals surface area contributed by atoms with Gasteiger partial charge in [-0.2, -0.15) is 0 Å². The molecule has 2 aromatic rings. The van der Waals surface area contributed by atoms with E-state index in [4.69, 9.17) is 4.74 Å². The summed E-state index contributed by atoms with van der Waals surface area (Å²) >= 11 is 0. The van der Waals surface area contributed by atoms with E-state index in [1.807, 2.05) is 0 Å². The predicted molar refractivity (Wildman–Crippen MR) is 101 cm³/mol. The lowest BCUT2D eigenvalue weighted by atomic mass is 10.1. The summed E-state index contributed by atoms with van der Waals surface area (Å²) in [5.74, 6) is -2.11. The van der Waals surface area contributed by atoms with Gasteiger partial charge in [0.2, 0.25) is 0 Å². The van der Waals surface area contributed by atoms with Gasteiger partial charge in [0.1, 0.15) is 0 Å². The first-order valence-corrected chi connectivity index (χ1v) is 10.2. The van der Waals surface area contributed by atoms with Crippen molar-refractivity contribution in [2.75, 3.05) is 6.26 Å². The number of benzene rings is 2. The number of sulfone groups is 1. The molecule has 2 aromatic carbocycles. The third-order valence-electron chi connectivity index (χ3n) is 3.85. The minimum Gasteiger partial charge on any atom is -0.449 e. The zero-order valence-electron chi connectivity index (χ0n) is 15.6. The zero-order valence-corrected chi connectivity index (χ0v) is 16.4. The number of amides is 2. The van der Waals surface area contributed by atoms with Gasteiger partial charge in [0.15, 0.2) is 15.9 Å². The Morgan fingerprint density at radius 2 is 1.64 bits per heavy atom. The standard InChI is InChI=1S/C19H20N2O6S/c1-12-9-10-15(28(3,25)26)11-16(12)19(24)27-13(2)17(22)20-21-18(23)14-7-5-4-6-8-14/h4-11,13H,1-3H3,(H,20,22)(H,21,23)/t13-/m0/s1. The molecule has 2 amide bonds. The lowest BCUT2D eigenvalue weighted by Gasteiger charge is -2.15. The molecule has 8 nitrogen and oxygen atoms in total. The van der Waals surface area contributed by atoms with Crippen LogP contribution in [0.1, 0.15) is 33.2 Å². The number of aryl methyl sites for hydroxylation is 1. The van der Waals surface area contributed by atoms with E-state index in [-0.39, 0.29) is 10.5 Å². The molecule has 0 bridgehead atoms. The zero-order chi connectivity index (χ0) is 20.9. The van der Waals surface area contributed by atoms with Crippen LogP contribution >= 0.6 is 0 Å². The van der Waals surface area contributed by atoms with Crippen molar-refractivity contribution < 1.29 is 27.5 Å². The summed E-state index contributed by atoms with van der Waals surface area (Å²) in [4.78, 5) is 36.3. The highest BCUT2D eigenvalue weighted by Crippen LogP contribution is 2.17. The summed E-state index contributed by atoms with van der Waals surface area (Å²) in [6.45, 7) is 2.95. The molecular formula is C19H20N2O6S. The SMILES string of the molecule is Cc1ccc(S(C)(=O)=O)cc1C(=O)O[C@@H](C)C(=O)NNC(=O)c1ccccc1. The quantitative estimate of drug-likeness (QED) is 0.574. The van der Waals surface area contributed by atoms with Crippen molar-refractivity contribution >= 4 is 27.6 Å². The third kappa shape index (κ3) is 5.40. The molecule has 2 N–H and O–H groups in total. The molecule has 0 radical (unpaired) electrons. The fourth-order valence-electron chi connectivity index (χ4n) is 2.21. The van der Waals surface area contributed by atoms with E-state index in [0.717, 1.165) is 6.26 Å². The second-order valence-electron chi connectivity index (χ2n) is 6.11. The molecule has 9 heteroatoms. The van der Waals surface area contributed by atoms with Gasteiger partial charge in [-0.05, 0) is 43.7 Å². The molecule has 0 fully saturated rings. The van der Waals surface area contributed by atoms with Gasteiger partial charge in [0, 0.05) is 11.8 Å². The van der Waals surface area contributed by atoms with E-state index in [0.29, 0.717) is 11.1 Å². The van der Waals surface area contributed by atoms with Gasteiger partial charge in [-0.3, -0.25) is 20.4 Å². The number of ether oxygens (including phenoxy) is 1. The average Bonchev–Trinajstić information content (AvgIpc) is 2.65. The lowest BCUT2D eigenvalue weighted by molar-refractivity contribution is -0.129. The van der Waals surface area contributed by atoms with Crippen LogP contribution in [0, 0.1) is 6.92 Å². The molecule has 0 aliphatic carbocycles. The van der Waals surface area contributed by atoms with E-state index < -0.39 is 33.7 Å². The fraction of sp³-hybridized carbons (Fsp3) is 0.211. The number of rotatable bonds is 5. The molecule has 2 rings (SSSR count). The van der Waals surface area contributed by atoms with Crippen molar-refractivity contribution in [3.05, 3.63) is 65.2 Å². The van der Waals surface area contributed by atoms with Crippen molar-refractivity contribution in [1.82, 2.24) is 10.9 Å². The van der Waals surface area contributed by atoms with Crippen LogP contribution in [0.5, 0.6) is 0 Å². The molecule has 28 heavy (non-hydrogen) atoms. The van der Waals surface area contributed by atoms with E-state index in [1.165, 1.54) is 25.1 Å². The maximum atomic E-state index is 12.3. The van der Waals surface area contributed by atoms with Crippen LogP contribution < -0.4 is 10.9 Å². The van der Waals surface area contributed by atoms with Crippen LogP contribution in [0.2, 0.25) is 0 Å². The van der Waals surface area contributed by atoms with Crippen molar-refractivity contribution in [2.45, 2.75) is 24.8 Å². The highest BCUT2D eigenvalue weighted by molar-refractivity contribution is 7.90. The van der Waals surface area contributed by atoms with E-state index in [2.05, 4.69) is 10.9 Å². The minimum atomic E-state index is -3.50. The molecule has 0 heterocycles. The van der Waals surface area contributed by atoms with Crippen LogP contribution in [0.15, 0.2) is 53.4 Å². The maximum Gasteiger partial charge on any atom is 0.339 e. The Morgan fingerprint density at radius 3 is 2.25 bits per heavy atom. The average molecular weight is 404 g/mol. The van der Waals surface area contributed by atoms with Crippen molar-refractivity contribution in [3.63, 3.8) is 0 Å². The van der Waals surface area contributed by atoms with E-state index in [9.17, 15) is 22.8 Å². The van der Waals surface area contributed by atoms with Crippen LogP contribution in [0.3, 0.4) is 0 Å². The highest BCUT2D eigenvalue weighted by atomic mass is 32.2. The van der Waals surface area contributed by atoms with E-state index in [1.54, 1.807) is 37.3 Å². The number of carbonyl (C=O) groups is 3. The summed E-state index contributed by atoms with van der Waals surface area (Å²) in [7, 11) is -3.50. The van der Waals surface area contributed by atoms with Crippen molar-refractivity contribution in [2.24, 2.45) is 0 Å². The topological polar surface area (TPSA) is 119 Å². The molecular weight excluding hydrogens is 384 g/mol. The molecule has 0 aliphatic heterocycles. The Bertz CT molecular complexity index is 1000. The van der Waals surface area contributed by atoms with Gasteiger partial charge < -0.3 is 4.74 Å².